The van der Waals surface area contributed by atoms with E-state index < -0.39 is 0 Å². The Morgan fingerprint density at radius 3 is 2.26 bits per heavy atom. The van der Waals surface area contributed by atoms with E-state index in [1.54, 1.807) is 0 Å². The van der Waals surface area contributed by atoms with Crippen molar-refractivity contribution in [1.82, 2.24) is 4.90 Å². The first-order chi connectivity index (χ1) is 8.99. The summed E-state index contributed by atoms with van der Waals surface area (Å²) in [7, 11) is 4.04. The molecule has 0 aliphatic carbocycles. The van der Waals surface area contributed by atoms with E-state index in [2.05, 4.69) is 30.6 Å². The zero-order valence-electron chi connectivity index (χ0n) is 12.9. The molecular weight excluding hydrogens is 236 g/mol. The quantitative estimate of drug-likeness (QED) is 0.706. The standard InChI is InChI=1S/C16H26N2O/c1-6-18(7-2)11-10-16(19)14-8-9-15(17(4)5)13(3)12-14/h8-9,12H,6-7,10-11H2,1-5H3. The molecule has 0 spiro atoms. The van der Waals surface area contributed by atoms with Crippen molar-refractivity contribution in [3.63, 3.8) is 0 Å². The van der Waals surface area contributed by atoms with Gasteiger partial charge in [-0.15, -0.1) is 0 Å². The Hall–Kier alpha value is -1.35. The lowest BCUT2D eigenvalue weighted by atomic mass is 10.0. The molecule has 0 heterocycles. The lowest BCUT2D eigenvalue weighted by molar-refractivity contribution is 0.0966. The molecule has 3 nitrogen and oxygen atoms in total. The van der Waals surface area contributed by atoms with E-state index in [0.717, 1.165) is 30.8 Å². The van der Waals surface area contributed by atoms with Crippen molar-refractivity contribution in [2.24, 2.45) is 0 Å². The third-order valence-corrected chi connectivity index (χ3v) is 3.55. The predicted molar refractivity (Wildman–Crippen MR) is 82.2 cm³/mol. The van der Waals surface area contributed by atoms with Crippen molar-refractivity contribution in [2.45, 2.75) is 27.2 Å². The normalized spacial score (nSPS) is 10.8. The molecule has 0 unspecified atom stereocenters. The van der Waals surface area contributed by atoms with Gasteiger partial charge in [0.25, 0.3) is 0 Å². The van der Waals surface area contributed by atoms with E-state index in [0.29, 0.717) is 6.42 Å². The number of aryl methyl sites for hydroxylation is 1. The SMILES string of the molecule is CCN(CC)CCC(=O)c1ccc(N(C)C)c(C)c1. The van der Waals surface area contributed by atoms with Crippen molar-refractivity contribution in [2.75, 3.05) is 38.6 Å². The molecule has 1 aromatic rings. The molecule has 0 aliphatic rings. The van der Waals surface area contributed by atoms with Gasteiger partial charge in [-0.3, -0.25) is 4.79 Å². The number of Topliss-reactive ketones (excluding diaryl/α,β-unsaturated/α-hetero) is 1. The Morgan fingerprint density at radius 1 is 1.16 bits per heavy atom. The molecule has 0 N–H and O–H groups in total. The molecule has 1 rings (SSSR count). The van der Waals surface area contributed by atoms with Crippen molar-refractivity contribution >= 4 is 11.5 Å². The summed E-state index contributed by atoms with van der Waals surface area (Å²) in [6.45, 7) is 9.16. The van der Waals surface area contributed by atoms with Crippen LogP contribution < -0.4 is 4.90 Å². The second kappa shape index (κ2) is 7.29. The zero-order chi connectivity index (χ0) is 14.4. The largest absolute Gasteiger partial charge is 0.377 e. The van der Waals surface area contributed by atoms with Gasteiger partial charge in [-0.2, -0.15) is 0 Å². The van der Waals surface area contributed by atoms with Gasteiger partial charge in [-0.25, -0.2) is 0 Å². The first-order valence-electron chi connectivity index (χ1n) is 7.03. The van der Waals surface area contributed by atoms with Crippen LogP contribution in [0.4, 0.5) is 5.69 Å². The minimum Gasteiger partial charge on any atom is -0.377 e. The topological polar surface area (TPSA) is 23.6 Å². The molecule has 0 atom stereocenters. The van der Waals surface area contributed by atoms with E-state index in [-0.39, 0.29) is 5.78 Å². The van der Waals surface area contributed by atoms with Crippen molar-refractivity contribution in [3.8, 4) is 0 Å². The molecule has 0 amide bonds. The maximum atomic E-state index is 12.2. The third kappa shape index (κ3) is 4.35. The molecule has 0 saturated carbocycles. The summed E-state index contributed by atoms with van der Waals surface area (Å²) in [6.07, 6.45) is 0.600. The van der Waals surface area contributed by atoms with Gasteiger partial charge in [0.2, 0.25) is 0 Å². The van der Waals surface area contributed by atoms with Crippen molar-refractivity contribution in [1.29, 1.82) is 0 Å². The van der Waals surface area contributed by atoms with Crippen LogP contribution in [0.5, 0.6) is 0 Å². The van der Waals surface area contributed by atoms with Crippen LogP contribution in [0, 0.1) is 6.92 Å². The maximum Gasteiger partial charge on any atom is 0.164 e. The molecule has 0 fully saturated rings. The minimum atomic E-state index is 0.236. The molecule has 0 aliphatic heterocycles. The van der Waals surface area contributed by atoms with Crippen LogP contribution in [0.2, 0.25) is 0 Å². The van der Waals surface area contributed by atoms with E-state index in [4.69, 9.17) is 0 Å². The average Bonchev–Trinajstić information content (AvgIpc) is 2.39. The number of ketones is 1. The van der Waals surface area contributed by atoms with Gasteiger partial charge in [0, 0.05) is 38.3 Å². The summed E-state index contributed by atoms with van der Waals surface area (Å²) in [4.78, 5) is 16.5. The van der Waals surface area contributed by atoms with E-state index in [9.17, 15) is 4.79 Å². The maximum absolute atomic E-state index is 12.2. The summed E-state index contributed by atoms with van der Waals surface area (Å²) in [5.74, 6) is 0.236. The minimum absolute atomic E-state index is 0.236. The van der Waals surface area contributed by atoms with Gasteiger partial charge in [-0.05, 0) is 43.8 Å². The summed E-state index contributed by atoms with van der Waals surface area (Å²) in [5, 5.41) is 0. The summed E-state index contributed by atoms with van der Waals surface area (Å²) >= 11 is 0. The van der Waals surface area contributed by atoms with Crippen LogP contribution in [0.3, 0.4) is 0 Å². The highest BCUT2D eigenvalue weighted by atomic mass is 16.1. The Bertz CT molecular complexity index is 423. The van der Waals surface area contributed by atoms with Crippen LogP contribution >= 0.6 is 0 Å². The van der Waals surface area contributed by atoms with Gasteiger partial charge in [0.15, 0.2) is 5.78 Å². The van der Waals surface area contributed by atoms with Crippen LogP contribution in [-0.2, 0) is 0 Å². The summed E-state index contributed by atoms with van der Waals surface area (Å²) in [5.41, 5.74) is 3.15. The van der Waals surface area contributed by atoms with Crippen molar-refractivity contribution in [3.05, 3.63) is 29.3 Å². The number of anilines is 1. The zero-order valence-corrected chi connectivity index (χ0v) is 12.9. The highest BCUT2D eigenvalue weighted by Crippen LogP contribution is 2.19. The monoisotopic (exact) mass is 262 g/mol. The number of hydrogen-bond donors (Lipinski definition) is 0. The Balaban J connectivity index is 2.70. The van der Waals surface area contributed by atoms with Gasteiger partial charge < -0.3 is 9.80 Å². The predicted octanol–water partition coefficient (Wildman–Crippen LogP) is 2.98. The fourth-order valence-corrected chi connectivity index (χ4v) is 2.27. The summed E-state index contributed by atoms with van der Waals surface area (Å²) < 4.78 is 0. The fraction of sp³-hybridized carbons (Fsp3) is 0.562. The highest BCUT2D eigenvalue weighted by molar-refractivity contribution is 5.96. The number of nitrogens with zero attached hydrogens (tertiary/aromatic N) is 2. The first-order valence-corrected chi connectivity index (χ1v) is 7.03. The Labute approximate surface area is 117 Å². The third-order valence-electron chi connectivity index (χ3n) is 3.55. The van der Waals surface area contributed by atoms with Gasteiger partial charge in [0.1, 0.15) is 0 Å². The smallest absolute Gasteiger partial charge is 0.164 e. The number of hydrogen-bond acceptors (Lipinski definition) is 3. The number of benzene rings is 1. The van der Waals surface area contributed by atoms with E-state index in [1.807, 2.05) is 32.3 Å². The van der Waals surface area contributed by atoms with E-state index in [1.165, 1.54) is 5.69 Å². The molecule has 0 radical (unpaired) electrons. The van der Waals surface area contributed by atoms with Gasteiger partial charge in [0.05, 0.1) is 0 Å². The van der Waals surface area contributed by atoms with Crippen LogP contribution in [-0.4, -0.2) is 44.4 Å². The average molecular weight is 262 g/mol. The number of carbonyl (C=O) groups excluding carboxylic acids is 1. The molecule has 3 heteroatoms. The van der Waals surface area contributed by atoms with Crippen LogP contribution in [0.1, 0.15) is 36.2 Å². The summed E-state index contributed by atoms with van der Waals surface area (Å²) in [6, 6.07) is 5.97. The molecule has 1 aromatic carbocycles. The molecule has 0 bridgehead atoms. The molecule has 19 heavy (non-hydrogen) atoms. The van der Waals surface area contributed by atoms with Gasteiger partial charge >= 0.3 is 0 Å². The van der Waals surface area contributed by atoms with Gasteiger partial charge in [-0.1, -0.05) is 13.8 Å². The molecule has 0 aromatic heterocycles. The Kier molecular flexibility index (Phi) is 6.03. The number of carbonyl (C=O) groups is 1. The van der Waals surface area contributed by atoms with Crippen LogP contribution in [0.15, 0.2) is 18.2 Å². The molecule has 0 saturated heterocycles. The molecular formula is C16H26N2O. The number of rotatable bonds is 7. The van der Waals surface area contributed by atoms with E-state index >= 15 is 0 Å². The van der Waals surface area contributed by atoms with Crippen LogP contribution in [0.25, 0.3) is 0 Å². The second-order valence-corrected chi connectivity index (χ2v) is 5.10. The van der Waals surface area contributed by atoms with Crippen molar-refractivity contribution < 1.29 is 4.79 Å². The lowest BCUT2D eigenvalue weighted by Gasteiger charge is -2.18. The lowest BCUT2D eigenvalue weighted by Crippen LogP contribution is -2.25. The highest BCUT2D eigenvalue weighted by Gasteiger charge is 2.10. The molecule has 106 valence electrons. The first kappa shape index (κ1) is 15.7. The second-order valence-electron chi connectivity index (χ2n) is 5.10. The fourth-order valence-electron chi connectivity index (χ4n) is 2.27. The Morgan fingerprint density at radius 2 is 1.79 bits per heavy atom.